The molecule has 5 aliphatic rings. The molecule has 27 heavy (non-hydrogen) atoms. The van der Waals surface area contributed by atoms with Crippen molar-refractivity contribution in [1.82, 2.24) is 0 Å². The van der Waals surface area contributed by atoms with Crippen molar-refractivity contribution in [2.45, 2.75) is 116 Å². The van der Waals surface area contributed by atoms with Crippen molar-refractivity contribution in [3.63, 3.8) is 0 Å². The van der Waals surface area contributed by atoms with E-state index in [9.17, 15) is 0 Å². The highest BCUT2D eigenvalue weighted by molar-refractivity contribution is 5.00. The topological polar surface area (TPSA) is 0 Å². The SMILES string of the molecule is CCCC1CC(CCC2C3CCCCC3C3CCCCC32)C2CCCCC12. The molecule has 0 aromatic rings. The summed E-state index contributed by atoms with van der Waals surface area (Å²) in [6.07, 6.45) is 26.8. The summed E-state index contributed by atoms with van der Waals surface area (Å²) >= 11 is 0. The quantitative estimate of drug-likeness (QED) is 0.457. The molecule has 0 amide bonds. The molecule has 8 unspecified atom stereocenters. The Balaban J connectivity index is 1.26. The molecule has 5 fully saturated rings. The monoisotopic (exact) mass is 370 g/mol. The van der Waals surface area contributed by atoms with Crippen LogP contribution in [0.15, 0.2) is 0 Å². The molecule has 0 aliphatic heterocycles. The molecular formula is C27H46. The fourth-order valence-corrected chi connectivity index (χ4v) is 9.79. The highest BCUT2D eigenvalue weighted by atomic mass is 14.6. The third-order valence-electron chi connectivity index (χ3n) is 10.6. The van der Waals surface area contributed by atoms with Crippen LogP contribution in [0.4, 0.5) is 0 Å². The van der Waals surface area contributed by atoms with Crippen molar-refractivity contribution < 1.29 is 0 Å². The lowest BCUT2D eigenvalue weighted by Gasteiger charge is -2.33. The lowest BCUT2D eigenvalue weighted by Crippen LogP contribution is -2.24. The van der Waals surface area contributed by atoms with E-state index in [1.807, 2.05) is 0 Å². The van der Waals surface area contributed by atoms with Crippen molar-refractivity contribution in [2.75, 3.05) is 0 Å². The van der Waals surface area contributed by atoms with E-state index in [0.29, 0.717) is 0 Å². The standard InChI is InChI=1S/C27H46/c1-2-9-19-18-20(22-11-4-3-10-21(19)22)16-17-27-25-14-7-5-12-23(25)24-13-6-8-15-26(24)27/h19-27H,2-18H2,1H3. The van der Waals surface area contributed by atoms with E-state index in [2.05, 4.69) is 6.92 Å². The summed E-state index contributed by atoms with van der Waals surface area (Å²) in [5.74, 6) is 10.3. The van der Waals surface area contributed by atoms with E-state index in [0.717, 1.165) is 53.3 Å². The minimum atomic E-state index is 1.11. The Morgan fingerprint density at radius 2 is 0.926 bits per heavy atom. The zero-order valence-corrected chi connectivity index (χ0v) is 18.2. The van der Waals surface area contributed by atoms with Gasteiger partial charge >= 0.3 is 0 Å². The average Bonchev–Trinajstić information content (AvgIpc) is 3.23. The Hall–Kier alpha value is 0. The summed E-state index contributed by atoms with van der Waals surface area (Å²) in [5, 5.41) is 0. The third-order valence-corrected chi connectivity index (χ3v) is 10.6. The van der Waals surface area contributed by atoms with Gasteiger partial charge in [-0.05, 0) is 111 Å². The molecule has 0 aromatic heterocycles. The van der Waals surface area contributed by atoms with Crippen LogP contribution in [0, 0.1) is 53.3 Å². The molecule has 0 N–H and O–H groups in total. The Labute approximate surface area is 169 Å². The van der Waals surface area contributed by atoms with Gasteiger partial charge in [0.25, 0.3) is 0 Å². The maximum Gasteiger partial charge on any atom is -0.0352 e. The molecule has 5 aliphatic carbocycles. The lowest BCUT2D eigenvalue weighted by atomic mass is 9.72. The lowest BCUT2D eigenvalue weighted by molar-refractivity contribution is 0.166. The molecule has 0 bridgehead atoms. The van der Waals surface area contributed by atoms with Crippen LogP contribution in [0.1, 0.15) is 116 Å². The van der Waals surface area contributed by atoms with Crippen molar-refractivity contribution >= 4 is 0 Å². The molecule has 154 valence electrons. The summed E-state index contributed by atoms with van der Waals surface area (Å²) < 4.78 is 0. The van der Waals surface area contributed by atoms with E-state index < -0.39 is 0 Å². The van der Waals surface area contributed by atoms with Crippen LogP contribution in [0.3, 0.4) is 0 Å². The zero-order chi connectivity index (χ0) is 18.2. The Morgan fingerprint density at radius 3 is 1.44 bits per heavy atom. The van der Waals surface area contributed by atoms with Gasteiger partial charge in [-0.25, -0.2) is 0 Å². The number of hydrogen-bond acceptors (Lipinski definition) is 0. The van der Waals surface area contributed by atoms with E-state index >= 15 is 0 Å². The van der Waals surface area contributed by atoms with Gasteiger partial charge in [0.1, 0.15) is 0 Å². The van der Waals surface area contributed by atoms with Crippen LogP contribution in [0.25, 0.3) is 0 Å². The Morgan fingerprint density at radius 1 is 0.481 bits per heavy atom. The first kappa shape index (κ1) is 19.0. The molecule has 0 aromatic carbocycles. The summed E-state index contributed by atoms with van der Waals surface area (Å²) in [6, 6.07) is 0. The molecule has 0 nitrogen and oxygen atoms in total. The van der Waals surface area contributed by atoms with Gasteiger partial charge in [-0.15, -0.1) is 0 Å². The van der Waals surface area contributed by atoms with Crippen LogP contribution < -0.4 is 0 Å². The normalized spacial score (nSPS) is 49.4. The van der Waals surface area contributed by atoms with Crippen molar-refractivity contribution in [2.24, 2.45) is 53.3 Å². The Bertz CT molecular complexity index is 458. The van der Waals surface area contributed by atoms with Crippen LogP contribution in [-0.4, -0.2) is 0 Å². The number of fused-ring (bicyclic) bond motifs is 4. The van der Waals surface area contributed by atoms with Gasteiger partial charge < -0.3 is 0 Å². The van der Waals surface area contributed by atoms with Gasteiger partial charge in [-0.2, -0.15) is 0 Å². The van der Waals surface area contributed by atoms with Crippen molar-refractivity contribution in [3.05, 3.63) is 0 Å². The summed E-state index contributed by atoms with van der Waals surface area (Å²) in [5.41, 5.74) is 0. The molecule has 0 saturated heterocycles. The van der Waals surface area contributed by atoms with Gasteiger partial charge in [-0.3, -0.25) is 0 Å². The smallest absolute Gasteiger partial charge is 0.0352 e. The predicted molar refractivity (Wildman–Crippen MR) is 116 cm³/mol. The fourth-order valence-electron chi connectivity index (χ4n) is 9.79. The fraction of sp³-hybridized carbons (Fsp3) is 1.00. The summed E-state index contributed by atoms with van der Waals surface area (Å²) in [6.45, 7) is 2.43. The second-order valence-electron chi connectivity index (χ2n) is 11.6. The average molecular weight is 371 g/mol. The van der Waals surface area contributed by atoms with E-state index in [1.165, 1.54) is 12.8 Å². The third kappa shape index (κ3) is 3.54. The van der Waals surface area contributed by atoms with Crippen LogP contribution >= 0.6 is 0 Å². The Kier molecular flexibility index (Phi) is 5.90. The maximum atomic E-state index is 2.43. The molecule has 0 radical (unpaired) electrons. The predicted octanol–water partition coefficient (Wildman–Crippen LogP) is 8.25. The summed E-state index contributed by atoms with van der Waals surface area (Å²) in [7, 11) is 0. The van der Waals surface area contributed by atoms with Crippen molar-refractivity contribution in [1.29, 1.82) is 0 Å². The molecule has 5 rings (SSSR count). The molecule has 0 spiro atoms. The highest BCUT2D eigenvalue weighted by Crippen LogP contribution is 2.59. The number of rotatable bonds is 5. The highest BCUT2D eigenvalue weighted by Gasteiger charge is 2.51. The first-order chi connectivity index (χ1) is 13.4. The van der Waals surface area contributed by atoms with E-state index in [-0.39, 0.29) is 0 Å². The van der Waals surface area contributed by atoms with Gasteiger partial charge in [0.05, 0.1) is 0 Å². The first-order valence-electron chi connectivity index (χ1n) is 13.4. The maximum absolute atomic E-state index is 2.43. The first-order valence-corrected chi connectivity index (χ1v) is 13.4. The zero-order valence-electron chi connectivity index (χ0n) is 18.2. The van der Waals surface area contributed by atoms with Gasteiger partial charge in [0.15, 0.2) is 0 Å². The molecular weight excluding hydrogens is 324 g/mol. The van der Waals surface area contributed by atoms with Crippen molar-refractivity contribution in [3.8, 4) is 0 Å². The second-order valence-corrected chi connectivity index (χ2v) is 11.6. The van der Waals surface area contributed by atoms with Crippen LogP contribution in [0.2, 0.25) is 0 Å². The molecule has 5 saturated carbocycles. The van der Waals surface area contributed by atoms with Gasteiger partial charge in [-0.1, -0.05) is 58.3 Å². The molecule has 0 heterocycles. The second kappa shape index (κ2) is 8.39. The van der Waals surface area contributed by atoms with E-state index in [4.69, 9.17) is 0 Å². The van der Waals surface area contributed by atoms with E-state index in [1.54, 1.807) is 96.3 Å². The van der Waals surface area contributed by atoms with Gasteiger partial charge in [0, 0.05) is 0 Å². The minimum absolute atomic E-state index is 1.11. The molecule has 8 atom stereocenters. The number of hydrogen-bond donors (Lipinski definition) is 0. The molecule has 0 heteroatoms. The van der Waals surface area contributed by atoms with Crippen LogP contribution in [-0.2, 0) is 0 Å². The summed E-state index contributed by atoms with van der Waals surface area (Å²) in [4.78, 5) is 0. The van der Waals surface area contributed by atoms with Gasteiger partial charge in [0.2, 0.25) is 0 Å². The van der Waals surface area contributed by atoms with Crippen LogP contribution in [0.5, 0.6) is 0 Å². The largest absolute Gasteiger partial charge is 0.0654 e. The minimum Gasteiger partial charge on any atom is -0.0654 e.